The number of hydrogen-bond donors (Lipinski definition) is 1. The molecule has 0 fully saturated rings. The Morgan fingerprint density at radius 3 is 2.00 bits per heavy atom. The molecule has 0 aliphatic carbocycles. The van der Waals surface area contributed by atoms with Crippen LogP contribution in [0.3, 0.4) is 0 Å². The van der Waals surface area contributed by atoms with Gasteiger partial charge in [0.1, 0.15) is 18.1 Å². The third-order valence-corrected chi connectivity index (χ3v) is 4.36. The lowest BCUT2D eigenvalue weighted by Crippen LogP contribution is -2.14. The molecule has 26 heavy (non-hydrogen) atoms. The molecule has 3 rings (SSSR count). The Hall–Kier alpha value is -2.49. The van der Waals surface area contributed by atoms with E-state index in [0.717, 1.165) is 46.3 Å². The molecule has 1 N–H and O–H groups in total. The van der Waals surface area contributed by atoms with E-state index in [0.29, 0.717) is 6.61 Å². The van der Waals surface area contributed by atoms with Gasteiger partial charge in [0.05, 0.1) is 7.11 Å². The summed E-state index contributed by atoms with van der Waals surface area (Å²) < 4.78 is 11.4. The maximum Gasteiger partial charge on any atom is 0.124 e. The van der Waals surface area contributed by atoms with E-state index >= 15 is 0 Å². The minimum absolute atomic E-state index is 0.515. The highest BCUT2D eigenvalue weighted by Crippen LogP contribution is 2.21. The lowest BCUT2D eigenvalue weighted by Gasteiger charge is -2.13. The van der Waals surface area contributed by atoms with Gasteiger partial charge in [-0.2, -0.15) is 0 Å². The Kier molecular flexibility index (Phi) is 6.53. The fourth-order valence-corrected chi connectivity index (χ4v) is 2.84. The zero-order valence-electron chi connectivity index (χ0n) is 14.7. The third-order valence-electron chi connectivity index (χ3n) is 4.10. The van der Waals surface area contributed by atoms with Gasteiger partial charge in [-0.3, -0.25) is 0 Å². The summed E-state index contributed by atoms with van der Waals surface area (Å²) in [5.41, 5.74) is 3.34. The van der Waals surface area contributed by atoms with Crippen molar-refractivity contribution in [2.75, 3.05) is 7.11 Å². The molecule has 3 nitrogen and oxygen atoms in total. The molecule has 0 aliphatic heterocycles. The van der Waals surface area contributed by atoms with Crippen LogP contribution in [0.25, 0.3) is 0 Å². The zero-order valence-corrected chi connectivity index (χ0v) is 15.5. The average molecular weight is 368 g/mol. The Balaban J connectivity index is 1.59. The Morgan fingerprint density at radius 2 is 1.35 bits per heavy atom. The van der Waals surface area contributed by atoms with Crippen LogP contribution in [-0.4, -0.2) is 7.11 Å². The van der Waals surface area contributed by atoms with Gasteiger partial charge in [0.15, 0.2) is 0 Å². The van der Waals surface area contributed by atoms with Crippen molar-refractivity contribution in [1.29, 1.82) is 0 Å². The van der Waals surface area contributed by atoms with Crippen LogP contribution in [0.15, 0.2) is 72.8 Å². The molecule has 134 valence electrons. The fraction of sp³-hybridized carbons (Fsp3) is 0.182. The maximum atomic E-state index is 6.00. The van der Waals surface area contributed by atoms with E-state index in [9.17, 15) is 0 Å². The predicted molar refractivity (Wildman–Crippen MR) is 106 cm³/mol. The van der Waals surface area contributed by atoms with Crippen LogP contribution in [0, 0.1) is 0 Å². The van der Waals surface area contributed by atoms with Gasteiger partial charge in [0.25, 0.3) is 0 Å². The number of hydrogen-bond acceptors (Lipinski definition) is 3. The number of halogens is 1. The van der Waals surface area contributed by atoms with Crippen molar-refractivity contribution < 1.29 is 9.47 Å². The van der Waals surface area contributed by atoms with Gasteiger partial charge in [-0.1, -0.05) is 60.1 Å². The van der Waals surface area contributed by atoms with Gasteiger partial charge in [-0.25, -0.2) is 0 Å². The summed E-state index contributed by atoms with van der Waals surface area (Å²) in [4.78, 5) is 0. The molecular weight excluding hydrogens is 346 g/mol. The molecular formula is C22H22ClNO2. The van der Waals surface area contributed by atoms with Crippen LogP contribution in [0.4, 0.5) is 0 Å². The van der Waals surface area contributed by atoms with Crippen molar-refractivity contribution >= 4 is 11.6 Å². The molecule has 0 atom stereocenters. The molecule has 3 aromatic carbocycles. The van der Waals surface area contributed by atoms with E-state index in [1.165, 1.54) is 0 Å². The molecule has 0 aliphatic rings. The molecule has 4 heteroatoms. The first kappa shape index (κ1) is 18.3. The zero-order chi connectivity index (χ0) is 18.2. The van der Waals surface area contributed by atoms with Crippen molar-refractivity contribution in [1.82, 2.24) is 5.32 Å². The summed E-state index contributed by atoms with van der Waals surface area (Å²) in [6.45, 7) is 1.96. The van der Waals surface area contributed by atoms with Crippen molar-refractivity contribution in [2.45, 2.75) is 19.7 Å². The standard InChI is InChI=1S/C22H22ClNO2/c1-25-21-8-4-2-6-18(21)14-24-15-19-7-3-5-9-22(19)26-16-17-10-12-20(23)13-11-17/h2-13,24H,14-16H2,1H3. The molecule has 0 bridgehead atoms. The first-order valence-corrected chi connectivity index (χ1v) is 8.92. The third kappa shape index (κ3) is 5.01. The van der Waals surface area contributed by atoms with Gasteiger partial charge in [-0.05, 0) is 29.8 Å². The largest absolute Gasteiger partial charge is 0.496 e. The number of nitrogens with one attached hydrogen (secondary N) is 1. The molecule has 0 saturated carbocycles. The second-order valence-electron chi connectivity index (χ2n) is 5.94. The van der Waals surface area contributed by atoms with Crippen LogP contribution >= 0.6 is 11.6 Å². The molecule has 0 aromatic heterocycles. The quantitative estimate of drug-likeness (QED) is 0.592. The van der Waals surface area contributed by atoms with Crippen molar-refractivity contribution in [3.8, 4) is 11.5 Å². The lowest BCUT2D eigenvalue weighted by atomic mass is 10.1. The van der Waals surface area contributed by atoms with Crippen LogP contribution in [0.2, 0.25) is 5.02 Å². The predicted octanol–water partition coefficient (Wildman–Crippen LogP) is 5.22. The Morgan fingerprint density at radius 1 is 0.769 bits per heavy atom. The molecule has 0 unspecified atom stereocenters. The normalized spacial score (nSPS) is 10.5. The number of rotatable bonds is 8. The van der Waals surface area contributed by atoms with E-state index in [2.05, 4.69) is 17.4 Å². The van der Waals surface area contributed by atoms with Gasteiger partial charge in [-0.15, -0.1) is 0 Å². The summed E-state index contributed by atoms with van der Waals surface area (Å²) in [5, 5.41) is 4.19. The molecule has 0 amide bonds. The van der Waals surface area contributed by atoms with Crippen molar-refractivity contribution in [2.24, 2.45) is 0 Å². The smallest absolute Gasteiger partial charge is 0.124 e. The van der Waals surface area contributed by atoms with Crippen LogP contribution < -0.4 is 14.8 Å². The highest BCUT2D eigenvalue weighted by atomic mass is 35.5. The molecule has 0 saturated heterocycles. The van der Waals surface area contributed by atoms with Gasteiger partial charge < -0.3 is 14.8 Å². The second-order valence-corrected chi connectivity index (χ2v) is 6.37. The van der Waals surface area contributed by atoms with Crippen molar-refractivity contribution in [3.63, 3.8) is 0 Å². The molecule has 3 aromatic rings. The van der Waals surface area contributed by atoms with Crippen LogP contribution in [0.1, 0.15) is 16.7 Å². The van der Waals surface area contributed by atoms with E-state index in [1.807, 2.05) is 60.7 Å². The Bertz CT molecular complexity index is 834. The first-order valence-electron chi connectivity index (χ1n) is 8.54. The number of ether oxygens (including phenoxy) is 2. The minimum Gasteiger partial charge on any atom is -0.496 e. The van der Waals surface area contributed by atoms with E-state index < -0.39 is 0 Å². The highest BCUT2D eigenvalue weighted by Gasteiger charge is 2.05. The van der Waals surface area contributed by atoms with E-state index in [1.54, 1.807) is 7.11 Å². The van der Waals surface area contributed by atoms with Gasteiger partial charge in [0, 0.05) is 29.2 Å². The maximum absolute atomic E-state index is 6.00. The summed E-state index contributed by atoms with van der Waals surface area (Å²) in [5.74, 6) is 1.78. The van der Waals surface area contributed by atoms with Gasteiger partial charge >= 0.3 is 0 Å². The fourth-order valence-electron chi connectivity index (χ4n) is 2.71. The highest BCUT2D eigenvalue weighted by molar-refractivity contribution is 6.30. The minimum atomic E-state index is 0.515. The number of para-hydroxylation sites is 2. The van der Waals surface area contributed by atoms with Crippen LogP contribution in [-0.2, 0) is 19.7 Å². The molecule has 0 radical (unpaired) electrons. The summed E-state index contributed by atoms with van der Waals surface area (Å²) in [6.07, 6.45) is 0. The Labute approximate surface area is 159 Å². The summed E-state index contributed by atoms with van der Waals surface area (Å²) >= 11 is 5.93. The lowest BCUT2D eigenvalue weighted by molar-refractivity contribution is 0.302. The monoisotopic (exact) mass is 367 g/mol. The SMILES string of the molecule is COc1ccccc1CNCc1ccccc1OCc1ccc(Cl)cc1. The van der Waals surface area contributed by atoms with Crippen molar-refractivity contribution in [3.05, 3.63) is 94.5 Å². The van der Waals surface area contributed by atoms with E-state index in [4.69, 9.17) is 21.1 Å². The van der Waals surface area contributed by atoms with Crippen LogP contribution in [0.5, 0.6) is 11.5 Å². The second kappa shape index (κ2) is 9.27. The van der Waals surface area contributed by atoms with E-state index in [-0.39, 0.29) is 0 Å². The topological polar surface area (TPSA) is 30.5 Å². The summed E-state index contributed by atoms with van der Waals surface area (Å²) in [6, 6.07) is 23.8. The number of benzene rings is 3. The number of methoxy groups -OCH3 is 1. The van der Waals surface area contributed by atoms with Gasteiger partial charge in [0.2, 0.25) is 0 Å². The first-order chi connectivity index (χ1) is 12.8. The average Bonchev–Trinajstić information content (AvgIpc) is 2.69. The molecule has 0 heterocycles. The molecule has 0 spiro atoms. The summed E-state index contributed by atoms with van der Waals surface area (Å²) in [7, 11) is 1.69.